The van der Waals surface area contributed by atoms with Gasteiger partial charge in [-0.25, -0.2) is 9.78 Å². The Kier molecular flexibility index (Phi) is 2.55. The number of aromatic amines is 1. The van der Waals surface area contributed by atoms with E-state index in [1.807, 2.05) is 6.07 Å². The van der Waals surface area contributed by atoms with E-state index < -0.39 is 0 Å². The van der Waals surface area contributed by atoms with Gasteiger partial charge in [0.25, 0.3) is 0 Å². The molecule has 1 aromatic heterocycles. The summed E-state index contributed by atoms with van der Waals surface area (Å²) in [7, 11) is 0. The van der Waals surface area contributed by atoms with Gasteiger partial charge in [0.15, 0.2) is 0 Å². The van der Waals surface area contributed by atoms with Gasteiger partial charge in [0, 0.05) is 0 Å². The Labute approximate surface area is 99.0 Å². The highest BCUT2D eigenvalue weighted by Crippen LogP contribution is 2.22. The van der Waals surface area contributed by atoms with Crippen molar-refractivity contribution in [1.29, 1.82) is 0 Å². The van der Waals surface area contributed by atoms with Crippen molar-refractivity contribution in [3.05, 3.63) is 30.1 Å². The Hall–Kier alpha value is -1.84. The summed E-state index contributed by atoms with van der Waals surface area (Å²) in [6.45, 7) is 0. The molecule has 0 unspecified atom stereocenters. The van der Waals surface area contributed by atoms with Gasteiger partial charge in [0.1, 0.15) is 6.10 Å². The number of rotatable bonds is 2. The zero-order valence-corrected chi connectivity index (χ0v) is 9.48. The van der Waals surface area contributed by atoms with Crippen molar-refractivity contribution < 1.29 is 9.53 Å². The number of nitrogens with zero attached hydrogens (tertiary/aromatic N) is 1. The molecule has 0 radical (unpaired) electrons. The third-order valence-corrected chi connectivity index (χ3v) is 3.23. The monoisotopic (exact) mass is 230 g/mol. The normalized spacial score (nSPS) is 16.5. The molecule has 17 heavy (non-hydrogen) atoms. The van der Waals surface area contributed by atoms with Crippen molar-refractivity contribution in [2.45, 2.75) is 31.8 Å². The van der Waals surface area contributed by atoms with Crippen LogP contribution >= 0.6 is 0 Å². The maximum Gasteiger partial charge on any atom is 0.338 e. The van der Waals surface area contributed by atoms with E-state index in [0.29, 0.717) is 5.56 Å². The zero-order chi connectivity index (χ0) is 11.7. The van der Waals surface area contributed by atoms with E-state index in [2.05, 4.69) is 9.97 Å². The van der Waals surface area contributed by atoms with Crippen molar-refractivity contribution in [2.75, 3.05) is 0 Å². The first kappa shape index (κ1) is 10.3. The third-order valence-electron chi connectivity index (χ3n) is 3.23. The number of carbonyl (C=O) groups excluding carboxylic acids is 1. The Morgan fingerprint density at radius 2 is 2.18 bits per heavy atom. The van der Waals surface area contributed by atoms with E-state index in [1.54, 1.807) is 18.5 Å². The summed E-state index contributed by atoms with van der Waals surface area (Å²) in [5.74, 6) is -0.228. The van der Waals surface area contributed by atoms with E-state index >= 15 is 0 Å². The fourth-order valence-corrected chi connectivity index (χ4v) is 2.29. The molecule has 1 fully saturated rings. The van der Waals surface area contributed by atoms with Crippen molar-refractivity contribution in [2.24, 2.45) is 0 Å². The summed E-state index contributed by atoms with van der Waals surface area (Å²) in [5.41, 5.74) is 2.32. The minimum atomic E-state index is -0.228. The number of hydrogen-bond acceptors (Lipinski definition) is 3. The summed E-state index contributed by atoms with van der Waals surface area (Å²) in [5, 5.41) is 0. The van der Waals surface area contributed by atoms with Gasteiger partial charge in [0.05, 0.1) is 22.9 Å². The molecular formula is C13H14N2O2. The molecule has 1 saturated carbocycles. The first-order valence-electron chi connectivity index (χ1n) is 5.97. The van der Waals surface area contributed by atoms with Crippen molar-refractivity contribution in [1.82, 2.24) is 9.97 Å². The van der Waals surface area contributed by atoms with Crippen LogP contribution in [0.5, 0.6) is 0 Å². The van der Waals surface area contributed by atoms with Crippen molar-refractivity contribution in [3.63, 3.8) is 0 Å². The quantitative estimate of drug-likeness (QED) is 0.807. The fraction of sp³-hybridized carbons (Fsp3) is 0.385. The number of aromatic nitrogens is 2. The van der Waals surface area contributed by atoms with Crippen LogP contribution in [0.3, 0.4) is 0 Å². The predicted octanol–water partition coefficient (Wildman–Crippen LogP) is 2.66. The number of nitrogens with one attached hydrogen (secondary N) is 1. The van der Waals surface area contributed by atoms with Gasteiger partial charge >= 0.3 is 5.97 Å². The lowest BCUT2D eigenvalue weighted by Gasteiger charge is -2.10. The van der Waals surface area contributed by atoms with E-state index in [4.69, 9.17) is 4.74 Å². The lowest BCUT2D eigenvalue weighted by molar-refractivity contribution is 0.0318. The molecule has 88 valence electrons. The Morgan fingerprint density at radius 1 is 1.35 bits per heavy atom. The lowest BCUT2D eigenvalue weighted by Crippen LogP contribution is -2.14. The average molecular weight is 230 g/mol. The average Bonchev–Trinajstić information content (AvgIpc) is 2.97. The van der Waals surface area contributed by atoms with Crippen LogP contribution in [0.4, 0.5) is 0 Å². The second kappa shape index (κ2) is 4.20. The molecule has 4 heteroatoms. The number of benzene rings is 1. The first-order chi connectivity index (χ1) is 8.33. The van der Waals surface area contributed by atoms with Crippen molar-refractivity contribution >= 4 is 17.0 Å². The van der Waals surface area contributed by atoms with Crippen LogP contribution in [0.2, 0.25) is 0 Å². The van der Waals surface area contributed by atoms with Gasteiger partial charge in [-0.05, 0) is 43.9 Å². The number of hydrogen-bond donors (Lipinski definition) is 1. The van der Waals surface area contributed by atoms with Crippen LogP contribution in [0, 0.1) is 0 Å². The molecule has 0 atom stereocenters. The molecule has 3 rings (SSSR count). The molecule has 0 saturated heterocycles. The molecular weight excluding hydrogens is 216 g/mol. The summed E-state index contributed by atoms with van der Waals surface area (Å²) < 4.78 is 5.45. The first-order valence-corrected chi connectivity index (χ1v) is 5.97. The van der Waals surface area contributed by atoms with Crippen LogP contribution in [0.1, 0.15) is 36.0 Å². The van der Waals surface area contributed by atoms with Crippen LogP contribution in [-0.2, 0) is 4.74 Å². The lowest BCUT2D eigenvalue weighted by atomic mass is 10.2. The van der Waals surface area contributed by atoms with E-state index in [9.17, 15) is 4.79 Å². The van der Waals surface area contributed by atoms with Crippen LogP contribution < -0.4 is 0 Å². The Bertz CT molecular complexity index is 541. The highest BCUT2D eigenvalue weighted by molar-refractivity contribution is 5.93. The third kappa shape index (κ3) is 2.02. The molecule has 1 heterocycles. The molecule has 1 aliphatic rings. The second-order valence-corrected chi connectivity index (χ2v) is 4.45. The van der Waals surface area contributed by atoms with Crippen molar-refractivity contribution in [3.8, 4) is 0 Å². The van der Waals surface area contributed by atoms with E-state index in [1.165, 1.54) is 0 Å². The molecule has 0 spiro atoms. The molecule has 0 bridgehead atoms. The largest absolute Gasteiger partial charge is 0.459 e. The molecule has 1 aromatic carbocycles. The second-order valence-electron chi connectivity index (χ2n) is 4.45. The van der Waals surface area contributed by atoms with Gasteiger partial charge in [-0.1, -0.05) is 0 Å². The van der Waals surface area contributed by atoms with Gasteiger partial charge in [-0.2, -0.15) is 0 Å². The van der Waals surface area contributed by atoms with Crippen LogP contribution in [-0.4, -0.2) is 22.0 Å². The number of esters is 1. The highest BCUT2D eigenvalue weighted by atomic mass is 16.5. The molecule has 1 aliphatic carbocycles. The maximum absolute atomic E-state index is 11.9. The molecule has 1 N–H and O–H groups in total. The Balaban J connectivity index is 1.79. The SMILES string of the molecule is O=C(OC1CCCC1)c1ccc2nc[nH]c2c1. The van der Waals surface area contributed by atoms with Gasteiger partial charge in [-0.15, -0.1) is 0 Å². The minimum absolute atomic E-state index is 0.111. The predicted molar refractivity (Wildman–Crippen MR) is 63.8 cm³/mol. The Morgan fingerprint density at radius 3 is 3.00 bits per heavy atom. The van der Waals surface area contributed by atoms with E-state index in [-0.39, 0.29) is 12.1 Å². The fourth-order valence-electron chi connectivity index (χ4n) is 2.29. The number of ether oxygens (including phenoxy) is 1. The van der Waals surface area contributed by atoms with Crippen LogP contribution in [0.25, 0.3) is 11.0 Å². The van der Waals surface area contributed by atoms with Gasteiger partial charge in [-0.3, -0.25) is 0 Å². The van der Waals surface area contributed by atoms with E-state index in [0.717, 1.165) is 36.7 Å². The zero-order valence-electron chi connectivity index (χ0n) is 9.48. The minimum Gasteiger partial charge on any atom is -0.459 e. The number of H-pyrrole nitrogens is 1. The summed E-state index contributed by atoms with van der Waals surface area (Å²) in [4.78, 5) is 19.0. The van der Waals surface area contributed by atoms with Gasteiger partial charge in [0.2, 0.25) is 0 Å². The van der Waals surface area contributed by atoms with Gasteiger partial charge < -0.3 is 9.72 Å². The number of fused-ring (bicyclic) bond motifs is 1. The number of imidazole rings is 1. The topological polar surface area (TPSA) is 55.0 Å². The summed E-state index contributed by atoms with van der Waals surface area (Å²) >= 11 is 0. The number of carbonyl (C=O) groups is 1. The smallest absolute Gasteiger partial charge is 0.338 e. The standard InChI is InChI=1S/C13H14N2O2/c16-13(17-10-3-1-2-4-10)9-5-6-11-12(7-9)15-8-14-11/h5-8,10H,1-4H2,(H,14,15). The molecule has 0 amide bonds. The summed E-state index contributed by atoms with van der Waals surface area (Å²) in [6, 6.07) is 5.39. The molecule has 0 aliphatic heterocycles. The molecule has 4 nitrogen and oxygen atoms in total. The maximum atomic E-state index is 11.9. The summed E-state index contributed by atoms with van der Waals surface area (Å²) in [6.07, 6.45) is 6.06. The molecule has 2 aromatic rings. The highest BCUT2D eigenvalue weighted by Gasteiger charge is 2.20. The van der Waals surface area contributed by atoms with Crippen LogP contribution in [0.15, 0.2) is 24.5 Å².